The molecule has 7 nitrogen and oxygen atoms in total. The van der Waals surface area contributed by atoms with Gasteiger partial charge in [-0.1, -0.05) is 64.1 Å². The Labute approximate surface area is 203 Å². The summed E-state index contributed by atoms with van der Waals surface area (Å²) in [5, 5.41) is 5.81. The van der Waals surface area contributed by atoms with E-state index in [-0.39, 0.29) is 11.0 Å². The molecular formula is C28H27N3O4. The van der Waals surface area contributed by atoms with Crippen molar-refractivity contribution in [2.24, 2.45) is 0 Å². The number of imide groups is 2. The van der Waals surface area contributed by atoms with Crippen molar-refractivity contribution in [2.45, 2.75) is 38.5 Å². The van der Waals surface area contributed by atoms with Crippen LogP contribution >= 0.6 is 0 Å². The zero-order valence-corrected chi connectivity index (χ0v) is 20.4. The van der Waals surface area contributed by atoms with Crippen molar-refractivity contribution in [2.75, 3.05) is 12.4 Å². The number of nitrogens with zero attached hydrogens (tertiary/aromatic N) is 1. The highest BCUT2D eigenvalue weighted by Crippen LogP contribution is 2.49. The molecule has 5 rings (SSSR count). The molecular weight excluding hydrogens is 442 g/mol. The summed E-state index contributed by atoms with van der Waals surface area (Å²) in [6, 6.07) is 15.8. The maximum absolute atomic E-state index is 12.4. The highest BCUT2D eigenvalue weighted by molar-refractivity contribution is 6.30. The summed E-state index contributed by atoms with van der Waals surface area (Å²) in [7, 11) is 1.32. The minimum atomic E-state index is -0.746. The van der Waals surface area contributed by atoms with Crippen LogP contribution in [0.25, 0.3) is 6.08 Å². The molecule has 0 unspecified atom stereocenters. The summed E-state index contributed by atoms with van der Waals surface area (Å²) in [6.45, 7) is 8.70. The zero-order chi connectivity index (χ0) is 25.1. The Morgan fingerprint density at radius 1 is 0.971 bits per heavy atom. The second-order valence-corrected chi connectivity index (χ2v) is 10.1. The van der Waals surface area contributed by atoms with E-state index in [1.165, 1.54) is 24.3 Å². The lowest BCUT2D eigenvalue weighted by molar-refractivity contribution is -0.129. The van der Waals surface area contributed by atoms with Crippen LogP contribution in [0.1, 0.15) is 55.7 Å². The lowest BCUT2D eigenvalue weighted by Crippen LogP contribution is -2.52. The van der Waals surface area contributed by atoms with Crippen LogP contribution in [0.3, 0.4) is 0 Å². The number of nitrogens with one attached hydrogen (secondary N) is 2. The number of hydrogen-bond donors (Lipinski definition) is 2. The Morgan fingerprint density at radius 3 is 2.46 bits per heavy atom. The topological polar surface area (TPSA) is 91.7 Å². The Kier molecular flexibility index (Phi) is 4.98. The number of furan rings is 1. The Balaban J connectivity index is 1.54. The van der Waals surface area contributed by atoms with E-state index in [9.17, 15) is 14.4 Å². The first kappa shape index (κ1) is 22.7. The summed E-state index contributed by atoms with van der Waals surface area (Å²) in [5.74, 6) is -1.05. The maximum Gasteiger partial charge on any atom is 0.331 e. The fourth-order valence-corrected chi connectivity index (χ4v) is 4.95. The molecule has 3 aromatic rings. The van der Waals surface area contributed by atoms with E-state index >= 15 is 0 Å². The van der Waals surface area contributed by atoms with Gasteiger partial charge in [0.1, 0.15) is 11.3 Å². The zero-order valence-electron chi connectivity index (χ0n) is 20.4. The fraction of sp³-hybridized carbons (Fsp3) is 0.250. The molecule has 1 fully saturated rings. The van der Waals surface area contributed by atoms with Gasteiger partial charge in [0, 0.05) is 34.8 Å². The number of urea groups is 1. The number of hydrogen-bond acceptors (Lipinski definition) is 5. The number of amides is 4. The Hall–Kier alpha value is -4.13. The fourth-order valence-electron chi connectivity index (χ4n) is 4.95. The molecule has 4 amide bonds. The van der Waals surface area contributed by atoms with Gasteiger partial charge < -0.3 is 9.73 Å². The van der Waals surface area contributed by atoms with E-state index < -0.39 is 23.3 Å². The molecule has 1 aromatic heterocycles. The van der Waals surface area contributed by atoms with Crippen molar-refractivity contribution < 1.29 is 18.8 Å². The predicted octanol–water partition coefficient (Wildman–Crippen LogP) is 5.08. The molecule has 2 N–H and O–H groups in total. The van der Waals surface area contributed by atoms with Crippen LogP contribution in [0.2, 0.25) is 0 Å². The largest absolute Gasteiger partial charge is 0.465 e. The van der Waals surface area contributed by atoms with Gasteiger partial charge in [0.15, 0.2) is 0 Å². The minimum absolute atomic E-state index is 0.150. The molecule has 0 spiro atoms. The number of para-hydroxylation sites is 2. The smallest absolute Gasteiger partial charge is 0.331 e. The number of rotatable bonds is 3. The number of barbiturate groups is 1. The number of benzene rings is 2. The average molecular weight is 470 g/mol. The van der Waals surface area contributed by atoms with Gasteiger partial charge in [0.2, 0.25) is 0 Å². The quantitative estimate of drug-likeness (QED) is 0.412. The summed E-state index contributed by atoms with van der Waals surface area (Å²) >= 11 is 0. The molecule has 35 heavy (non-hydrogen) atoms. The van der Waals surface area contributed by atoms with Crippen LogP contribution in [0.15, 0.2) is 64.8 Å². The SMILES string of the molecule is CN1C(=O)NC(=O)/C(=C/c2cc(C(C)(C)c3cccc4c3Nc3ccccc3C4(C)C)co2)C1=O. The predicted molar refractivity (Wildman–Crippen MR) is 133 cm³/mol. The summed E-state index contributed by atoms with van der Waals surface area (Å²) in [6.07, 6.45) is 3.02. The van der Waals surface area contributed by atoms with E-state index in [4.69, 9.17) is 4.42 Å². The van der Waals surface area contributed by atoms with Gasteiger partial charge in [-0.25, -0.2) is 4.79 Å². The molecule has 0 radical (unpaired) electrons. The van der Waals surface area contributed by atoms with Crippen LogP contribution < -0.4 is 10.6 Å². The number of carbonyl (C=O) groups excluding carboxylic acids is 3. The van der Waals surface area contributed by atoms with Crippen LogP contribution in [-0.4, -0.2) is 29.8 Å². The van der Waals surface area contributed by atoms with Gasteiger partial charge in [-0.15, -0.1) is 0 Å². The number of fused-ring (bicyclic) bond motifs is 2. The minimum Gasteiger partial charge on any atom is -0.465 e. The van der Waals surface area contributed by atoms with Crippen LogP contribution in [0.5, 0.6) is 0 Å². The molecule has 0 atom stereocenters. The molecule has 3 heterocycles. The maximum atomic E-state index is 12.4. The summed E-state index contributed by atoms with van der Waals surface area (Å²) in [4.78, 5) is 37.2. The van der Waals surface area contributed by atoms with Crippen molar-refractivity contribution in [3.05, 3.63) is 88.4 Å². The lowest BCUT2D eigenvalue weighted by atomic mass is 9.70. The lowest BCUT2D eigenvalue weighted by Gasteiger charge is -2.39. The van der Waals surface area contributed by atoms with Crippen molar-refractivity contribution >= 4 is 35.3 Å². The van der Waals surface area contributed by atoms with E-state index in [2.05, 4.69) is 74.7 Å². The van der Waals surface area contributed by atoms with Crippen molar-refractivity contribution in [1.29, 1.82) is 0 Å². The second kappa shape index (κ2) is 7.70. The summed E-state index contributed by atoms with van der Waals surface area (Å²) in [5.41, 5.74) is 5.85. The van der Waals surface area contributed by atoms with Crippen LogP contribution in [-0.2, 0) is 20.4 Å². The van der Waals surface area contributed by atoms with Crippen molar-refractivity contribution in [3.8, 4) is 0 Å². The van der Waals surface area contributed by atoms with Gasteiger partial charge in [0.05, 0.1) is 6.26 Å². The molecule has 7 heteroatoms. The third-order valence-electron chi connectivity index (χ3n) is 7.20. The Bertz CT molecular complexity index is 1430. The standard InChI is InChI=1S/C28H27N3O4/c1-27(2,16-13-17(35-15-16)14-18-24(32)30-26(34)31(5)25(18)33)20-10-8-11-21-23(20)29-22-12-7-6-9-19(22)28(21,3)4/h6-15,29H,1-5H3,(H,30,32,34)/b18-14-. The molecule has 0 bridgehead atoms. The first-order valence-electron chi connectivity index (χ1n) is 11.5. The first-order chi connectivity index (χ1) is 16.5. The number of carbonyl (C=O) groups is 3. The molecule has 2 aliphatic rings. The van der Waals surface area contributed by atoms with E-state index in [0.29, 0.717) is 5.76 Å². The normalized spacial score (nSPS) is 18.1. The van der Waals surface area contributed by atoms with Gasteiger partial charge >= 0.3 is 6.03 Å². The van der Waals surface area contributed by atoms with Gasteiger partial charge in [-0.05, 0) is 34.9 Å². The monoisotopic (exact) mass is 469 g/mol. The van der Waals surface area contributed by atoms with Crippen molar-refractivity contribution in [1.82, 2.24) is 10.2 Å². The third-order valence-corrected chi connectivity index (χ3v) is 7.20. The van der Waals surface area contributed by atoms with E-state index in [0.717, 1.165) is 27.4 Å². The molecule has 2 aliphatic heterocycles. The summed E-state index contributed by atoms with van der Waals surface area (Å²) < 4.78 is 5.74. The highest BCUT2D eigenvalue weighted by Gasteiger charge is 2.37. The third kappa shape index (κ3) is 3.46. The van der Waals surface area contributed by atoms with Crippen LogP contribution in [0.4, 0.5) is 16.2 Å². The van der Waals surface area contributed by atoms with Crippen molar-refractivity contribution in [3.63, 3.8) is 0 Å². The molecule has 178 valence electrons. The highest BCUT2D eigenvalue weighted by atomic mass is 16.3. The first-order valence-corrected chi connectivity index (χ1v) is 11.5. The number of likely N-dealkylation sites (N-methyl/N-ethyl adjacent to an activating group) is 1. The molecule has 2 aromatic carbocycles. The van der Waals surface area contributed by atoms with Gasteiger partial charge in [-0.3, -0.25) is 19.8 Å². The molecule has 0 saturated carbocycles. The average Bonchev–Trinajstić information content (AvgIpc) is 3.30. The van der Waals surface area contributed by atoms with Gasteiger partial charge in [0.25, 0.3) is 11.8 Å². The van der Waals surface area contributed by atoms with Gasteiger partial charge in [-0.2, -0.15) is 0 Å². The second-order valence-electron chi connectivity index (χ2n) is 10.1. The van der Waals surface area contributed by atoms with E-state index in [1.54, 1.807) is 6.26 Å². The number of anilines is 2. The molecule has 1 saturated heterocycles. The Morgan fingerprint density at radius 2 is 1.69 bits per heavy atom. The molecule has 0 aliphatic carbocycles. The van der Waals surface area contributed by atoms with E-state index in [1.807, 2.05) is 12.1 Å². The van der Waals surface area contributed by atoms with Crippen LogP contribution in [0, 0.1) is 0 Å².